The highest BCUT2D eigenvalue weighted by molar-refractivity contribution is 5.99. The van der Waals surface area contributed by atoms with Crippen LogP contribution in [-0.2, 0) is 4.79 Å². The Kier molecular flexibility index (Phi) is 4.74. The Hall–Kier alpha value is -2.50. The summed E-state index contributed by atoms with van der Waals surface area (Å²) in [4.78, 5) is 26.2. The van der Waals surface area contributed by atoms with E-state index in [-0.39, 0.29) is 17.6 Å². The quantitative estimate of drug-likeness (QED) is 0.914. The van der Waals surface area contributed by atoms with Gasteiger partial charge in [0.1, 0.15) is 11.3 Å². The predicted octanol–water partition coefficient (Wildman–Crippen LogP) is 2.49. The maximum atomic E-state index is 12.3. The first-order chi connectivity index (χ1) is 11.6. The van der Waals surface area contributed by atoms with E-state index < -0.39 is 0 Å². The summed E-state index contributed by atoms with van der Waals surface area (Å²) < 4.78 is 10.9. The first kappa shape index (κ1) is 16.4. The van der Waals surface area contributed by atoms with Crippen LogP contribution in [0.3, 0.4) is 0 Å². The van der Waals surface area contributed by atoms with Crippen LogP contribution in [0.1, 0.15) is 35.4 Å². The van der Waals surface area contributed by atoms with E-state index in [0.29, 0.717) is 18.5 Å². The highest BCUT2D eigenvalue weighted by Crippen LogP contribution is 2.28. The molecule has 0 spiro atoms. The summed E-state index contributed by atoms with van der Waals surface area (Å²) in [5.74, 6) is 0.803. The minimum Gasteiger partial charge on any atom is -0.497 e. The number of benzene rings is 1. The van der Waals surface area contributed by atoms with E-state index in [0.717, 1.165) is 42.6 Å². The van der Waals surface area contributed by atoms with Gasteiger partial charge in [0.05, 0.1) is 7.11 Å². The molecule has 6 nitrogen and oxygen atoms in total. The summed E-state index contributed by atoms with van der Waals surface area (Å²) >= 11 is 0. The summed E-state index contributed by atoms with van der Waals surface area (Å²) in [7, 11) is 1.60. The number of carbonyl (C=O) groups excluding carboxylic acids is 2. The van der Waals surface area contributed by atoms with E-state index in [9.17, 15) is 9.59 Å². The van der Waals surface area contributed by atoms with Crippen LogP contribution in [0.4, 0.5) is 0 Å². The van der Waals surface area contributed by atoms with Crippen LogP contribution >= 0.6 is 0 Å². The van der Waals surface area contributed by atoms with Crippen molar-refractivity contribution in [3.63, 3.8) is 0 Å². The number of nitrogens with one attached hydrogen (secondary N) is 1. The number of hydrogen-bond donors (Lipinski definition) is 1. The molecule has 1 aliphatic heterocycles. The zero-order valence-corrected chi connectivity index (χ0v) is 14.1. The van der Waals surface area contributed by atoms with Gasteiger partial charge in [0, 0.05) is 37.0 Å². The van der Waals surface area contributed by atoms with Crippen LogP contribution in [0.2, 0.25) is 0 Å². The number of carbonyl (C=O) groups is 2. The Morgan fingerprint density at radius 1 is 1.29 bits per heavy atom. The number of hydrogen-bond acceptors (Lipinski definition) is 4. The molecule has 24 heavy (non-hydrogen) atoms. The van der Waals surface area contributed by atoms with E-state index in [4.69, 9.17) is 9.15 Å². The molecular formula is C18H22N2O4. The molecule has 0 aliphatic carbocycles. The molecule has 0 atom stereocenters. The molecule has 0 saturated carbocycles. The van der Waals surface area contributed by atoms with E-state index in [1.165, 1.54) is 0 Å². The minimum absolute atomic E-state index is 0.0962. The molecule has 128 valence electrons. The van der Waals surface area contributed by atoms with E-state index >= 15 is 0 Å². The van der Waals surface area contributed by atoms with E-state index in [1.54, 1.807) is 19.2 Å². The zero-order chi connectivity index (χ0) is 17.1. The van der Waals surface area contributed by atoms with Crippen molar-refractivity contribution in [2.24, 2.45) is 0 Å². The van der Waals surface area contributed by atoms with Crippen LogP contribution < -0.4 is 10.1 Å². The SMILES string of the molecule is COc1ccc2oc(C(=O)NCCC(=O)N3CCCC3)c(C)c2c1. The average molecular weight is 330 g/mol. The van der Waals surface area contributed by atoms with Crippen LogP contribution in [0.5, 0.6) is 5.75 Å². The maximum Gasteiger partial charge on any atom is 0.287 e. The first-order valence-corrected chi connectivity index (χ1v) is 8.23. The van der Waals surface area contributed by atoms with Gasteiger partial charge in [-0.1, -0.05) is 0 Å². The fourth-order valence-corrected chi connectivity index (χ4v) is 3.03. The molecule has 6 heteroatoms. The monoisotopic (exact) mass is 330 g/mol. The molecule has 2 heterocycles. The third kappa shape index (κ3) is 3.22. The van der Waals surface area contributed by atoms with Crippen molar-refractivity contribution in [3.8, 4) is 5.75 Å². The van der Waals surface area contributed by atoms with Gasteiger partial charge in [0.15, 0.2) is 5.76 Å². The molecule has 1 N–H and O–H groups in total. The number of fused-ring (bicyclic) bond motifs is 1. The lowest BCUT2D eigenvalue weighted by Gasteiger charge is -2.14. The van der Waals surface area contributed by atoms with Gasteiger partial charge in [-0.05, 0) is 38.0 Å². The van der Waals surface area contributed by atoms with Crippen molar-refractivity contribution in [1.82, 2.24) is 10.2 Å². The third-order valence-electron chi connectivity index (χ3n) is 4.43. The Morgan fingerprint density at radius 3 is 2.75 bits per heavy atom. The number of nitrogens with zero attached hydrogens (tertiary/aromatic N) is 1. The second-order valence-electron chi connectivity index (χ2n) is 6.01. The van der Waals surface area contributed by atoms with Gasteiger partial charge in [0.25, 0.3) is 5.91 Å². The van der Waals surface area contributed by atoms with Gasteiger partial charge in [0.2, 0.25) is 5.91 Å². The van der Waals surface area contributed by atoms with Crippen LogP contribution in [0, 0.1) is 6.92 Å². The maximum absolute atomic E-state index is 12.3. The Bertz CT molecular complexity index is 760. The number of aryl methyl sites for hydroxylation is 1. The summed E-state index contributed by atoms with van der Waals surface area (Å²) in [5.41, 5.74) is 1.42. The van der Waals surface area contributed by atoms with Gasteiger partial charge in [-0.3, -0.25) is 9.59 Å². The van der Waals surface area contributed by atoms with Crippen molar-refractivity contribution in [3.05, 3.63) is 29.5 Å². The summed E-state index contributed by atoms with van der Waals surface area (Å²) in [6.07, 6.45) is 2.46. The second kappa shape index (κ2) is 6.95. The smallest absolute Gasteiger partial charge is 0.287 e. The Morgan fingerprint density at radius 2 is 2.04 bits per heavy atom. The summed E-state index contributed by atoms with van der Waals surface area (Å²) in [6, 6.07) is 5.43. The highest BCUT2D eigenvalue weighted by Gasteiger charge is 2.20. The number of ether oxygens (including phenoxy) is 1. The predicted molar refractivity (Wildman–Crippen MR) is 90.3 cm³/mol. The lowest BCUT2D eigenvalue weighted by atomic mass is 10.1. The summed E-state index contributed by atoms with van der Waals surface area (Å²) in [5, 5.41) is 3.63. The lowest BCUT2D eigenvalue weighted by Crippen LogP contribution is -2.32. The standard InChI is InChI=1S/C18H22N2O4/c1-12-14-11-13(23-2)5-6-15(14)24-17(12)18(22)19-8-7-16(21)20-9-3-4-10-20/h5-6,11H,3-4,7-10H2,1-2H3,(H,19,22). The molecular weight excluding hydrogens is 308 g/mol. The van der Waals surface area contributed by atoms with Gasteiger partial charge < -0.3 is 19.4 Å². The largest absolute Gasteiger partial charge is 0.497 e. The fraction of sp³-hybridized carbons (Fsp3) is 0.444. The van der Waals surface area contributed by atoms with Gasteiger partial charge in [-0.15, -0.1) is 0 Å². The molecule has 2 amide bonds. The molecule has 0 bridgehead atoms. The molecule has 0 radical (unpaired) electrons. The van der Waals surface area contributed by atoms with Crippen molar-refractivity contribution in [1.29, 1.82) is 0 Å². The highest BCUT2D eigenvalue weighted by atomic mass is 16.5. The molecule has 1 aromatic heterocycles. The average Bonchev–Trinajstić information content (AvgIpc) is 3.23. The molecule has 3 rings (SSSR count). The van der Waals surface area contributed by atoms with E-state index in [1.807, 2.05) is 17.9 Å². The Labute approximate surface area is 140 Å². The lowest BCUT2D eigenvalue weighted by molar-refractivity contribution is -0.129. The van der Waals surface area contributed by atoms with Crippen molar-refractivity contribution in [2.75, 3.05) is 26.7 Å². The molecule has 1 aliphatic rings. The number of amides is 2. The summed E-state index contributed by atoms with van der Waals surface area (Å²) in [6.45, 7) is 3.82. The topological polar surface area (TPSA) is 71.8 Å². The van der Waals surface area contributed by atoms with Crippen LogP contribution in [0.25, 0.3) is 11.0 Å². The normalized spacial score (nSPS) is 14.2. The van der Waals surface area contributed by atoms with Crippen molar-refractivity contribution in [2.45, 2.75) is 26.2 Å². The minimum atomic E-state index is -0.295. The molecule has 1 aromatic carbocycles. The molecule has 2 aromatic rings. The van der Waals surface area contributed by atoms with Crippen LogP contribution in [-0.4, -0.2) is 43.5 Å². The first-order valence-electron chi connectivity index (χ1n) is 8.23. The third-order valence-corrected chi connectivity index (χ3v) is 4.43. The number of likely N-dealkylation sites (tertiary alicyclic amines) is 1. The number of furan rings is 1. The Balaban J connectivity index is 1.63. The van der Waals surface area contributed by atoms with Gasteiger partial charge in [-0.25, -0.2) is 0 Å². The van der Waals surface area contributed by atoms with Gasteiger partial charge >= 0.3 is 0 Å². The van der Waals surface area contributed by atoms with E-state index in [2.05, 4.69) is 5.32 Å². The second-order valence-corrected chi connectivity index (χ2v) is 6.01. The van der Waals surface area contributed by atoms with Crippen molar-refractivity contribution < 1.29 is 18.7 Å². The van der Waals surface area contributed by atoms with Crippen LogP contribution in [0.15, 0.2) is 22.6 Å². The number of methoxy groups -OCH3 is 1. The molecule has 1 fully saturated rings. The fourth-order valence-electron chi connectivity index (χ4n) is 3.03. The number of rotatable bonds is 5. The molecule has 1 saturated heterocycles. The zero-order valence-electron chi connectivity index (χ0n) is 14.1. The van der Waals surface area contributed by atoms with Crippen molar-refractivity contribution >= 4 is 22.8 Å². The molecule has 0 unspecified atom stereocenters. The van der Waals surface area contributed by atoms with Gasteiger partial charge in [-0.2, -0.15) is 0 Å².